The second-order valence-corrected chi connectivity index (χ2v) is 7.88. The van der Waals surface area contributed by atoms with Crippen LogP contribution in [-0.4, -0.2) is 30.6 Å². The lowest BCUT2D eigenvalue weighted by Gasteiger charge is -2.36. The Kier molecular flexibility index (Phi) is 4.49. The third-order valence-electron chi connectivity index (χ3n) is 5.37. The maximum Gasteiger partial charge on any atom is 0.0386 e. The van der Waals surface area contributed by atoms with Crippen LogP contribution >= 0.6 is 11.3 Å². The molecule has 0 aliphatic carbocycles. The largest absolute Gasteiger partial charge is 0.309 e. The van der Waals surface area contributed by atoms with Gasteiger partial charge in [0.15, 0.2) is 0 Å². The van der Waals surface area contributed by atoms with Crippen molar-refractivity contribution >= 4 is 11.3 Å². The van der Waals surface area contributed by atoms with Gasteiger partial charge in [0.2, 0.25) is 0 Å². The molecular formula is C17H28N2S. The van der Waals surface area contributed by atoms with Gasteiger partial charge in [-0.15, -0.1) is 11.3 Å². The first kappa shape index (κ1) is 14.6. The van der Waals surface area contributed by atoms with Gasteiger partial charge in [0.1, 0.15) is 0 Å². The zero-order valence-electron chi connectivity index (χ0n) is 13.1. The van der Waals surface area contributed by atoms with Crippen LogP contribution in [0, 0.1) is 5.92 Å². The van der Waals surface area contributed by atoms with E-state index in [-0.39, 0.29) is 0 Å². The van der Waals surface area contributed by atoms with E-state index in [4.69, 9.17) is 0 Å². The summed E-state index contributed by atoms with van der Waals surface area (Å²) in [5.74, 6) is 0.886. The molecule has 3 heteroatoms. The Morgan fingerprint density at radius 1 is 1.30 bits per heavy atom. The van der Waals surface area contributed by atoms with Crippen LogP contribution < -0.4 is 5.32 Å². The number of fused-ring (bicyclic) bond motifs is 2. The molecule has 2 bridgehead atoms. The fourth-order valence-corrected chi connectivity index (χ4v) is 4.93. The highest BCUT2D eigenvalue weighted by Gasteiger charge is 2.38. The number of thiophene rings is 1. The van der Waals surface area contributed by atoms with Crippen molar-refractivity contribution < 1.29 is 0 Å². The number of hydrogen-bond acceptors (Lipinski definition) is 3. The summed E-state index contributed by atoms with van der Waals surface area (Å²) < 4.78 is 0. The van der Waals surface area contributed by atoms with Crippen molar-refractivity contribution in [3.05, 3.63) is 21.9 Å². The second kappa shape index (κ2) is 6.17. The van der Waals surface area contributed by atoms with Gasteiger partial charge in [0.05, 0.1) is 0 Å². The molecular weight excluding hydrogens is 264 g/mol. The minimum absolute atomic E-state index is 0.512. The topological polar surface area (TPSA) is 15.3 Å². The van der Waals surface area contributed by atoms with Crippen LogP contribution in [0.1, 0.15) is 55.3 Å². The zero-order chi connectivity index (χ0) is 14.1. The summed E-state index contributed by atoms with van der Waals surface area (Å²) in [6, 6.07) is 6.83. The number of nitrogens with zero attached hydrogens (tertiary/aromatic N) is 1. The van der Waals surface area contributed by atoms with Gasteiger partial charge < -0.3 is 10.2 Å². The Hall–Kier alpha value is -0.380. The lowest BCUT2D eigenvalue weighted by atomic mass is 9.91. The molecule has 3 atom stereocenters. The number of rotatable bonds is 5. The van der Waals surface area contributed by atoms with Crippen LogP contribution in [0.15, 0.2) is 12.1 Å². The van der Waals surface area contributed by atoms with Crippen LogP contribution in [0.2, 0.25) is 0 Å². The van der Waals surface area contributed by atoms with Gasteiger partial charge in [-0.25, -0.2) is 0 Å². The lowest BCUT2D eigenvalue weighted by molar-refractivity contribution is 0.131. The van der Waals surface area contributed by atoms with Gasteiger partial charge >= 0.3 is 0 Å². The lowest BCUT2D eigenvalue weighted by Crippen LogP contribution is -2.42. The standard InChI is InChI=1S/C17H28N2S/c1-4-16-7-8-17(20-16)12(2)18-11-13-9-14-5-6-15(10-13)19(14)3/h7-8,12-15,18H,4-6,9-11H2,1-3H3. The molecule has 3 unspecified atom stereocenters. The van der Waals surface area contributed by atoms with Crippen molar-refractivity contribution in [2.24, 2.45) is 5.92 Å². The normalized spacial score (nSPS) is 31.6. The summed E-state index contributed by atoms with van der Waals surface area (Å²) in [5, 5.41) is 3.78. The van der Waals surface area contributed by atoms with Gasteiger partial charge in [0, 0.05) is 27.9 Å². The number of hydrogen-bond donors (Lipinski definition) is 1. The highest BCUT2D eigenvalue weighted by molar-refractivity contribution is 7.12. The zero-order valence-corrected chi connectivity index (χ0v) is 13.9. The minimum Gasteiger partial charge on any atom is -0.309 e. The smallest absolute Gasteiger partial charge is 0.0386 e. The molecule has 1 aromatic rings. The predicted octanol–water partition coefficient (Wildman–Crippen LogP) is 3.83. The third kappa shape index (κ3) is 2.95. The maximum atomic E-state index is 3.78. The molecule has 112 valence electrons. The molecule has 0 spiro atoms. The molecule has 0 saturated carbocycles. The van der Waals surface area contributed by atoms with Crippen molar-refractivity contribution in [1.82, 2.24) is 10.2 Å². The van der Waals surface area contributed by atoms with Crippen LogP contribution in [0.3, 0.4) is 0 Å². The molecule has 0 amide bonds. The fourth-order valence-electron chi connectivity index (χ4n) is 3.95. The molecule has 2 nitrogen and oxygen atoms in total. The summed E-state index contributed by atoms with van der Waals surface area (Å²) in [6.07, 6.45) is 6.82. The van der Waals surface area contributed by atoms with Crippen LogP contribution in [0.25, 0.3) is 0 Å². The Morgan fingerprint density at radius 2 is 2.00 bits per heavy atom. The molecule has 0 radical (unpaired) electrons. The highest BCUT2D eigenvalue weighted by atomic mass is 32.1. The quantitative estimate of drug-likeness (QED) is 0.887. The number of piperidine rings is 1. The molecule has 1 N–H and O–H groups in total. The molecule has 1 aromatic heterocycles. The van der Waals surface area contributed by atoms with E-state index in [9.17, 15) is 0 Å². The summed E-state index contributed by atoms with van der Waals surface area (Å²) in [5.41, 5.74) is 0. The molecule has 2 aliphatic rings. The molecule has 2 saturated heterocycles. The van der Waals surface area contributed by atoms with E-state index in [2.05, 4.69) is 43.2 Å². The molecule has 3 rings (SSSR count). The predicted molar refractivity (Wildman–Crippen MR) is 87.4 cm³/mol. The maximum absolute atomic E-state index is 3.78. The van der Waals surface area contributed by atoms with E-state index < -0.39 is 0 Å². The van der Waals surface area contributed by atoms with Crippen LogP contribution in [0.5, 0.6) is 0 Å². The summed E-state index contributed by atoms with van der Waals surface area (Å²) in [6.45, 7) is 5.75. The SMILES string of the molecule is CCc1ccc(C(C)NCC2CC3CCC(C2)N3C)s1. The third-order valence-corrected chi connectivity index (χ3v) is 6.78. The van der Waals surface area contributed by atoms with E-state index in [0.717, 1.165) is 24.4 Å². The minimum atomic E-state index is 0.512. The number of aryl methyl sites for hydroxylation is 1. The van der Waals surface area contributed by atoms with Crippen molar-refractivity contribution in [3.63, 3.8) is 0 Å². The second-order valence-electron chi connectivity index (χ2n) is 6.68. The first-order valence-corrected chi connectivity index (χ1v) is 9.03. The van der Waals surface area contributed by atoms with E-state index in [1.54, 1.807) is 0 Å². The first-order valence-electron chi connectivity index (χ1n) is 8.21. The van der Waals surface area contributed by atoms with Gasteiger partial charge in [-0.2, -0.15) is 0 Å². The van der Waals surface area contributed by atoms with E-state index >= 15 is 0 Å². The van der Waals surface area contributed by atoms with Gasteiger partial charge in [-0.05, 0) is 70.7 Å². The Labute approximate surface area is 127 Å². The molecule has 3 heterocycles. The van der Waals surface area contributed by atoms with Gasteiger partial charge in [-0.3, -0.25) is 0 Å². The molecule has 2 aliphatic heterocycles. The molecule has 2 fully saturated rings. The van der Waals surface area contributed by atoms with Crippen molar-refractivity contribution in [2.75, 3.05) is 13.6 Å². The molecule has 20 heavy (non-hydrogen) atoms. The average molecular weight is 292 g/mol. The summed E-state index contributed by atoms with van der Waals surface area (Å²) in [7, 11) is 2.33. The Balaban J connectivity index is 1.50. The van der Waals surface area contributed by atoms with Crippen molar-refractivity contribution in [1.29, 1.82) is 0 Å². The summed E-state index contributed by atoms with van der Waals surface area (Å²) in [4.78, 5) is 5.64. The van der Waals surface area contributed by atoms with E-state index in [0.29, 0.717) is 6.04 Å². The van der Waals surface area contributed by atoms with Crippen molar-refractivity contribution in [2.45, 2.75) is 64.1 Å². The fraction of sp³-hybridized carbons (Fsp3) is 0.765. The monoisotopic (exact) mass is 292 g/mol. The average Bonchev–Trinajstić information content (AvgIpc) is 2.99. The highest BCUT2D eigenvalue weighted by Crippen LogP contribution is 2.37. The van der Waals surface area contributed by atoms with Gasteiger partial charge in [-0.1, -0.05) is 6.92 Å². The van der Waals surface area contributed by atoms with E-state index in [1.807, 2.05) is 11.3 Å². The van der Waals surface area contributed by atoms with Crippen molar-refractivity contribution in [3.8, 4) is 0 Å². The first-order chi connectivity index (χ1) is 9.67. The van der Waals surface area contributed by atoms with E-state index in [1.165, 1.54) is 42.0 Å². The Morgan fingerprint density at radius 3 is 2.60 bits per heavy atom. The summed E-state index contributed by atoms with van der Waals surface area (Å²) >= 11 is 1.97. The Bertz CT molecular complexity index is 428. The van der Waals surface area contributed by atoms with Crippen LogP contribution in [-0.2, 0) is 6.42 Å². The van der Waals surface area contributed by atoms with Crippen LogP contribution in [0.4, 0.5) is 0 Å². The number of nitrogens with one attached hydrogen (secondary N) is 1. The molecule has 0 aromatic carbocycles. The van der Waals surface area contributed by atoms with Gasteiger partial charge in [0.25, 0.3) is 0 Å².